The molecule has 0 aliphatic heterocycles. The van der Waals surface area contributed by atoms with Gasteiger partial charge in [0.05, 0.1) is 0 Å². The third-order valence-electron chi connectivity index (χ3n) is 1.93. The van der Waals surface area contributed by atoms with Gasteiger partial charge in [-0.15, -0.1) is 0 Å². The molecule has 0 radical (unpaired) electrons. The van der Waals surface area contributed by atoms with E-state index in [2.05, 4.69) is 35.6 Å². The van der Waals surface area contributed by atoms with Crippen LogP contribution in [-0.4, -0.2) is 0 Å². The van der Waals surface area contributed by atoms with Crippen LogP contribution < -0.4 is 0 Å². The fraction of sp³-hybridized carbons (Fsp3) is 0.750. The van der Waals surface area contributed by atoms with Gasteiger partial charge in [-0.25, -0.2) is 0 Å². The van der Waals surface area contributed by atoms with Crippen LogP contribution >= 0.6 is 22.6 Å². The highest BCUT2D eigenvalue weighted by molar-refractivity contribution is 14.1. The van der Waals surface area contributed by atoms with Crippen molar-refractivity contribution in [1.82, 2.24) is 0 Å². The van der Waals surface area contributed by atoms with Crippen molar-refractivity contribution >= 4 is 22.6 Å². The third kappa shape index (κ3) is 2.28. The fourth-order valence-corrected chi connectivity index (χ4v) is 2.17. The minimum Gasteiger partial charge on any atom is -0.0721 e. The minimum atomic E-state index is 0.894. The van der Waals surface area contributed by atoms with E-state index in [0.717, 1.165) is 5.92 Å². The molecule has 1 aliphatic rings. The Morgan fingerprint density at radius 3 is 3.00 bits per heavy atom. The number of hydrogen-bond donors (Lipinski definition) is 0. The van der Waals surface area contributed by atoms with Crippen molar-refractivity contribution in [3.8, 4) is 0 Å². The van der Waals surface area contributed by atoms with Gasteiger partial charge in [0.25, 0.3) is 0 Å². The average molecular weight is 236 g/mol. The van der Waals surface area contributed by atoms with Crippen LogP contribution in [0.25, 0.3) is 0 Å². The Morgan fingerprint density at radius 1 is 1.78 bits per heavy atom. The normalized spacial score (nSPS) is 27.8. The maximum Gasteiger partial charge on any atom is -0.0131 e. The van der Waals surface area contributed by atoms with Crippen LogP contribution in [0.1, 0.15) is 32.6 Å². The molecule has 0 fully saturated rings. The SMILES string of the molecule is CCC1C=C(I)CCC1. The van der Waals surface area contributed by atoms with Crippen LogP contribution in [-0.2, 0) is 0 Å². The lowest BCUT2D eigenvalue weighted by atomic mass is 9.94. The zero-order chi connectivity index (χ0) is 6.69. The summed E-state index contributed by atoms with van der Waals surface area (Å²) in [5.74, 6) is 0.894. The Morgan fingerprint density at radius 2 is 2.56 bits per heavy atom. The molecule has 9 heavy (non-hydrogen) atoms. The minimum absolute atomic E-state index is 0.894. The largest absolute Gasteiger partial charge is 0.0721 e. The monoisotopic (exact) mass is 236 g/mol. The molecule has 0 spiro atoms. The molecule has 0 aromatic carbocycles. The lowest BCUT2D eigenvalue weighted by Crippen LogP contribution is -1.99. The summed E-state index contributed by atoms with van der Waals surface area (Å²) in [6.45, 7) is 2.27. The molecule has 0 aromatic rings. The summed E-state index contributed by atoms with van der Waals surface area (Å²) in [6, 6.07) is 0. The van der Waals surface area contributed by atoms with E-state index in [1.54, 1.807) is 3.58 Å². The number of hydrogen-bond acceptors (Lipinski definition) is 0. The summed E-state index contributed by atoms with van der Waals surface area (Å²) in [7, 11) is 0. The molecule has 0 heterocycles. The highest BCUT2D eigenvalue weighted by atomic mass is 127. The van der Waals surface area contributed by atoms with Crippen LogP contribution in [0.3, 0.4) is 0 Å². The summed E-state index contributed by atoms with van der Waals surface area (Å²) < 4.78 is 1.57. The molecule has 1 unspecified atom stereocenters. The Balaban J connectivity index is 2.47. The Kier molecular flexibility index (Phi) is 3.02. The summed E-state index contributed by atoms with van der Waals surface area (Å²) in [5.41, 5.74) is 0. The predicted molar refractivity (Wildman–Crippen MR) is 49.7 cm³/mol. The highest BCUT2D eigenvalue weighted by Gasteiger charge is 2.08. The molecule has 1 rings (SSSR count). The van der Waals surface area contributed by atoms with Gasteiger partial charge in [0.2, 0.25) is 0 Å². The van der Waals surface area contributed by atoms with Crippen LogP contribution in [0.5, 0.6) is 0 Å². The smallest absolute Gasteiger partial charge is 0.0131 e. The van der Waals surface area contributed by atoms with Crippen molar-refractivity contribution in [3.05, 3.63) is 9.66 Å². The number of rotatable bonds is 1. The predicted octanol–water partition coefficient (Wildman–Crippen LogP) is 3.52. The first kappa shape index (κ1) is 7.58. The fourth-order valence-electron chi connectivity index (χ4n) is 1.28. The maximum absolute atomic E-state index is 2.46. The molecule has 0 bridgehead atoms. The van der Waals surface area contributed by atoms with Crippen molar-refractivity contribution in [3.63, 3.8) is 0 Å². The van der Waals surface area contributed by atoms with Crippen molar-refractivity contribution in [1.29, 1.82) is 0 Å². The summed E-state index contributed by atoms with van der Waals surface area (Å²) in [6.07, 6.45) is 7.92. The summed E-state index contributed by atoms with van der Waals surface area (Å²) in [4.78, 5) is 0. The first-order valence-corrected chi connectivity index (χ1v) is 4.77. The van der Waals surface area contributed by atoms with Gasteiger partial charge in [-0.1, -0.05) is 13.0 Å². The first-order chi connectivity index (χ1) is 4.33. The van der Waals surface area contributed by atoms with Crippen LogP contribution in [0, 0.1) is 5.92 Å². The van der Waals surface area contributed by atoms with Crippen molar-refractivity contribution in [2.24, 2.45) is 5.92 Å². The van der Waals surface area contributed by atoms with E-state index in [1.807, 2.05) is 0 Å². The first-order valence-electron chi connectivity index (χ1n) is 3.69. The van der Waals surface area contributed by atoms with E-state index in [1.165, 1.54) is 25.7 Å². The molecule has 0 nitrogen and oxygen atoms in total. The second kappa shape index (κ2) is 3.59. The summed E-state index contributed by atoms with van der Waals surface area (Å²) in [5, 5.41) is 0. The molecule has 1 heteroatoms. The van der Waals surface area contributed by atoms with E-state index in [-0.39, 0.29) is 0 Å². The quantitative estimate of drug-likeness (QED) is 0.611. The van der Waals surface area contributed by atoms with Gasteiger partial charge in [-0.05, 0) is 57.8 Å². The Bertz CT molecular complexity index is 116. The van der Waals surface area contributed by atoms with Gasteiger partial charge < -0.3 is 0 Å². The van der Waals surface area contributed by atoms with E-state index in [9.17, 15) is 0 Å². The van der Waals surface area contributed by atoms with Gasteiger partial charge in [-0.3, -0.25) is 0 Å². The van der Waals surface area contributed by atoms with Gasteiger partial charge >= 0.3 is 0 Å². The molecule has 1 atom stereocenters. The molecule has 52 valence electrons. The van der Waals surface area contributed by atoms with E-state index in [0.29, 0.717) is 0 Å². The second-order valence-electron chi connectivity index (χ2n) is 2.67. The number of allylic oxidation sites excluding steroid dienone is 2. The second-order valence-corrected chi connectivity index (χ2v) is 4.06. The van der Waals surface area contributed by atoms with Crippen molar-refractivity contribution in [2.45, 2.75) is 32.6 Å². The van der Waals surface area contributed by atoms with E-state index in [4.69, 9.17) is 0 Å². The molecular weight excluding hydrogens is 223 g/mol. The molecule has 0 aromatic heterocycles. The zero-order valence-corrected chi connectivity index (χ0v) is 8.02. The molecule has 0 amide bonds. The van der Waals surface area contributed by atoms with Gasteiger partial charge in [0.15, 0.2) is 0 Å². The topological polar surface area (TPSA) is 0 Å². The van der Waals surface area contributed by atoms with Crippen LogP contribution in [0.2, 0.25) is 0 Å². The Hall–Kier alpha value is 0.470. The Labute approximate surface area is 70.9 Å². The van der Waals surface area contributed by atoms with Gasteiger partial charge in [0, 0.05) is 0 Å². The molecule has 1 aliphatic carbocycles. The molecule has 0 saturated heterocycles. The summed E-state index contributed by atoms with van der Waals surface area (Å²) >= 11 is 2.46. The third-order valence-corrected chi connectivity index (χ3v) is 2.83. The lowest BCUT2D eigenvalue weighted by Gasteiger charge is -2.15. The molecular formula is C8H13I. The average Bonchev–Trinajstić information content (AvgIpc) is 1.88. The standard InChI is InChI=1S/C8H13I/c1-2-7-4-3-5-8(9)6-7/h6-7H,2-5H2,1H3. The van der Waals surface area contributed by atoms with Gasteiger partial charge in [0.1, 0.15) is 0 Å². The number of halogens is 1. The van der Waals surface area contributed by atoms with Crippen molar-refractivity contribution in [2.75, 3.05) is 0 Å². The molecule has 0 N–H and O–H groups in total. The van der Waals surface area contributed by atoms with Crippen LogP contribution in [0.4, 0.5) is 0 Å². The lowest BCUT2D eigenvalue weighted by molar-refractivity contribution is 0.525. The van der Waals surface area contributed by atoms with E-state index >= 15 is 0 Å². The maximum atomic E-state index is 2.46. The van der Waals surface area contributed by atoms with Crippen molar-refractivity contribution < 1.29 is 0 Å². The van der Waals surface area contributed by atoms with Crippen LogP contribution in [0.15, 0.2) is 9.66 Å². The van der Waals surface area contributed by atoms with E-state index < -0.39 is 0 Å². The van der Waals surface area contributed by atoms with Gasteiger partial charge in [-0.2, -0.15) is 0 Å². The zero-order valence-electron chi connectivity index (χ0n) is 5.86. The highest BCUT2D eigenvalue weighted by Crippen LogP contribution is 2.28. The molecule has 0 saturated carbocycles.